The van der Waals surface area contributed by atoms with Gasteiger partial charge < -0.3 is 10.6 Å². The average molecular weight is 198 g/mol. The van der Waals surface area contributed by atoms with Gasteiger partial charge in [-0.25, -0.2) is 0 Å². The van der Waals surface area contributed by atoms with E-state index in [-0.39, 0.29) is 11.8 Å². The molecule has 1 amide bonds. The summed E-state index contributed by atoms with van der Waals surface area (Å²) in [5.41, 5.74) is 5.40. The molecule has 0 aromatic rings. The lowest BCUT2D eigenvalue weighted by molar-refractivity contribution is -0.134. The van der Waals surface area contributed by atoms with E-state index in [0.29, 0.717) is 13.1 Å². The molecule has 0 aromatic carbocycles. The van der Waals surface area contributed by atoms with Crippen molar-refractivity contribution < 1.29 is 4.79 Å². The Bertz CT molecular complexity index is 180. The molecule has 1 atom stereocenters. The van der Waals surface area contributed by atoms with Gasteiger partial charge in [0, 0.05) is 19.0 Å². The molecule has 1 unspecified atom stereocenters. The molecule has 0 saturated carbocycles. The van der Waals surface area contributed by atoms with Gasteiger partial charge in [-0.05, 0) is 26.3 Å². The van der Waals surface area contributed by atoms with Crippen LogP contribution < -0.4 is 5.73 Å². The second-order valence-electron chi connectivity index (χ2n) is 3.50. The van der Waals surface area contributed by atoms with E-state index in [1.807, 2.05) is 18.7 Å². The zero-order chi connectivity index (χ0) is 11.0. The molecule has 0 bridgehead atoms. The monoisotopic (exact) mass is 198 g/mol. The van der Waals surface area contributed by atoms with Crippen molar-refractivity contribution in [1.82, 2.24) is 4.90 Å². The van der Waals surface area contributed by atoms with Crippen LogP contribution >= 0.6 is 0 Å². The molecule has 0 rings (SSSR count). The van der Waals surface area contributed by atoms with Gasteiger partial charge in [0.2, 0.25) is 5.91 Å². The first-order valence-corrected chi connectivity index (χ1v) is 5.27. The molecule has 0 spiro atoms. The molecular formula is C11H22N2O. The van der Waals surface area contributed by atoms with Crippen molar-refractivity contribution in [1.29, 1.82) is 0 Å². The lowest BCUT2D eigenvalue weighted by Crippen LogP contribution is -2.35. The highest BCUT2D eigenvalue weighted by Gasteiger charge is 2.17. The summed E-state index contributed by atoms with van der Waals surface area (Å²) in [6.07, 6.45) is 3.55. The summed E-state index contributed by atoms with van der Waals surface area (Å²) in [6, 6.07) is 0. The standard InChI is InChI=1S/C11H22N2O/c1-4-9-13(5-2)11(14)10(3)7-6-8-12/h4,10H,1,5-9,12H2,2-3H3. The highest BCUT2D eigenvalue weighted by Crippen LogP contribution is 2.09. The molecule has 0 saturated heterocycles. The maximum atomic E-state index is 11.8. The van der Waals surface area contributed by atoms with Gasteiger partial charge in [0.05, 0.1) is 0 Å². The van der Waals surface area contributed by atoms with E-state index >= 15 is 0 Å². The van der Waals surface area contributed by atoms with Crippen molar-refractivity contribution in [2.75, 3.05) is 19.6 Å². The van der Waals surface area contributed by atoms with Crippen LogP contribution in [-0.2, 0) is 4.79 Å². The minimum atomic E-state index is 0.0819. The number of rotatable bonds is 7. The van der Waals surface area contributed by atoms with Crippen LogP contribution in [-0.4, -0.2) is 30.4 Å². The summed E-state index contributed by atoms with van der Waals surface area (Å²) < 4.78 is 0. The predicted octanol–water partition coefficient (Wildman–Crippen LogP) is 1.40. The molecule has 0 aliphatic heterocycles. The average Bonchev–Trinajstić information content (AvgIpc) is 2.21. The van der Waals surface area contributed by atoms with Gasteiger partial charge in [0.1, 0.15) is 0 Å². The maximum Gasteiger partial charge on any atom is 0.225 e. The third-order valence-corrected chi connectivity index (χ3v) is 2.31. The van der Waals surface area contributed by atoms with E-state index in [2.05, 4.69) is 6.58 Å². The third kappa shape index (κ3) is 4.42. The number of hydrogen-bond acceptors (Lipinski definition) is 2. The van der Waals surface area contributed by atoms with Crippen LogP contribution in [0.4, 0.5) is 0 Å². The number of amides is 1. The number of likely N-dealkylation sites (N-methyl/N-ethyl adjacent to an activating group) is 1. The van der Waals surface area contributed by atoms with Crippen LogP contribution in [0.2, 0.25) is 0 Å². The Balaban J connectivity index is 4.05. The molecule has 3 heteroatoms. The second kappa shape index (κ2) is 7.56. The van der Waals surface area contributed by atoms with Gasteiger partial charge in [0.15, 0.2) is 0 Å². The fourth-order valence-corrected chi connectivity index (χ4v) is 1.39. The third-order valence-electron chi connectivity index (χ3n) is 2.31. The first-order valence-electron chi connectivity index (χ1n) is 5.27. The molecule has 2 N–H and O–H groups in total. The molecule has 0 aromatic heterocycles. The number of nitrogens with zero attached hydrogens (tertiary/aromatic N) is 1. The van der Waals surface area contributed by atoms with Gasteiger partial charge in [-0.15, -0.1) is 6.58 Å². The molecule has 82 valence electrons. The van der Waals surface area contributed by atoms with Crippen molar-refractivity contribution in [3.8, 4) is 0 Å². The van der Waals surface area contributed by atoms with Crippen molar-refractivity contribution in [2.45, 2.75) is 26.7 Å². The quantitative estimate of drug-likeness (QED) is 0.628. The molecular weight excluding hydrogens is 176 g/mol. The van der Waals surface area contributed by atoms with Crippen molar-refractivity contribution >= 4 is 5.91 Å². The lowest BCUT2D eigenvalue weighted by atomic mass is 10.0. The molecule has 0 aliphatic carbocycles. The first kappa shape index (κ1) is 13.2. The topological polar surface area (TPSA) is 46.3 Å². The fraction of sp³-hybridized carbons (Fsp3) is 0.727. The second-order valence-corrected chi connectivity index (χ2v) is 3.50. The van der Waals surface area contributed by atoms with E-state index in [1.165, 1.54) is 0 Å². The summed E-state index contributed by atoms with van der Waals surface area (Å²) >= 11 is 0. The Morgan fingerprint density at radius 1 is 1.64 bits per heavy atom. The van der Waals surface area contributed by atoms with Crippen LogP contribution in [0, 0.1) is 5.92 Å². The van der Waals surface area contributed by atoms with Crippen LogP contribution in [0.3, 0.4) is 0 Å². The maximum absolute atomic E-state index is 11.8. The highest BCUT2D eigenvalue weighted by atomic mass is 16.2. The number of hydrogen-bond donors (Lipinski definition) is 1. The van der Waals surface area contributed by atoms with E-state index in [0.717, 1.165) is 19.4 Å². The molecule has 0 radical (unpaired) electrons. The Kier molecular flexibility index (Phi) is 7.11. The van der Waals surface area contributed by atoms with Crippen molar-refractivity contribution in [3.05, 3.63) is 12.7 Å². The van der Waals surface area contributed by atoms with Gasteiger partial charge in [-0.3, -0.25) is 4.79 Å². The summed E-state index contributed by atoms with van der Waals surface area (Å²) in [5, 5.41) is 0. The van der Waals surface area contributed by atoms with Crippen LogP contribution in [0.25, 0.3) is 0 Å². The fourth-order valence-electron chi connectivity index (χ4n) is 1.39. The molecule has 3 nitrogen and oxygen atoms in total. The minimum Gasteiger partial charge on any atom is -0.339 e. The van der Waals surface area contributed by atoms with Crippen molar-refractivity contribution in [2.24, 2.45) is 11.7 Å². The van der Waals surface area contributed by atoms with Gasteiger partial charge in [0.25, 0.3) is 0 Å². The van der Waals surface area contributed by atoms with Crippen LogP contribution in [0.5, 0.6) is 0 Å². The molecule has 0 heterocycles. The number of carbonyl (C=O) groups is 1. The smallest absolute Gasteiger partial charge is 0.225 e. The zero-order valence-corrected chi connectivity index (χ0v) is 9.33. The first-order chi connectivity index (χ1) is 6.67. The summed E-state index contributed by atoms with van der Waals surface area (Å²) in [5.74, 6) is 0.291. The van der Waals surface area contributed by atoms with E-state index < -0.39 is 0 Å². The lowest BCUT2D eigenvalue weighted by Gasteiger charge is -2.22. The Hall–Kier alpha value is -0.830. The predicted molar refractivity (Wildman–Crippen MR) is 59.9 cm³/mol. The number of carbonyl (C=O) groups excluding carboxylic acids is 1. The van der Waals surface area contributed by atoms with E-state index in [4.69, 9.17) is 5.73 Å². The Labute approximate surface area is 87.0 Å². The zero-order valence-electron chi connectivity index (χ0n) is 9.33. The Morgan fingerprint density at radius 2 is 2.29 bits per heavy atom. The van der Waals surface area contributed by atoms with E-state index in [1.54, 1.807) is 6.08 Å². The van der Waals surface area contributed by atoms with Crippen LogP contribution in [0.1, 0.15) is 26.7 Å². The van der Waals surface area contributed by atoms with Crippen LogP contribution in [0.15, 0.2) is 12.7 Å². The SMILES string of the molecule is C=CCN(CC)C(=O)C(C)CCCN. The summed E-state index contributed by atoms with van der Waals surface area (Å²) in [7, 11) is 0. The largest absolute Gasteiger partial charge is 0.339 e. The molecule has 0 fully saturated rings. The molecule has 14 heavy (non-hydrogen) atoms. The Morgan fingerprint density at radius 3 is 2.71 bits per heavy atom. The van der Waals surface area contributed by atoms with Gasteiger partial charge in [-0.1, -0.05) is 13.0 Å². The molecule has 0 aliphatic rings. The normalized spacial score (nSPS) is 12.2. The summed E-state index contributed by atoms with van der Waals surface area (Å²) in [6.45, 7) is 9.63. The summed E-state index contributed by atoms with van der Waals surface area (Å²) in [4.78, 5) is 13.6. The van der Waals surface area contributed by atoms with Gasteiger partial charge >= 0.3 is 0 Å². The number of nitrogens with two attached hydrogens (primary N) is 1. The van der Waals surface area contributed by atoms with Gasteiger partial charge in [-0.2, -0.15) is 0 Å². The van der Waals surface area contributed by atoms with Crippen molar-refractivity contribution in [3.63, 3.8) is 0 Å². The highest BCUT2D eigenvalue weighted by molar-refractivity contribution is 5.78. The van der Waals surface area contributed by atoms with E-state index in [9.17, 15) is 4.79 Å². The minimum absolute atomic E-state index is 0.0819.